The summed E-state index contributed by atoms with van der Waals surface area (Å²) in [4.78, 5) is 27.8. The lowest BCUT2D eigenvalue weighted by molar-refractivity contribution is -0.121. The highest BCUT2D eigenvalue weighted by Crippen LogP contribution is 2.11. The molecule has 3 rings (SSSR count). The molecule has 0 aliphatic carbocycles. The van der Waals surface area contributed by atoms with Gasteiger partial charge in [-0.3, -0.25) is 9.59 Å². The maximum Gasteiger partial charge on any atom is 0.250 e. The van der Waals surface area contributed by atoms with Crippen LogP contribution in [0.2, 0.25) is 0 Å². The van der Waals surface area contributed by atoms with Crippen molar-refractivity contribution in [1.82, 2.24) is 14.9 Å². The monoisotopic (exact) mass is 363 g/mol. The van der Waals surface area contributed by atoms with Crippen molar-refractivity contribution >= 4 is 5.91 Å². The number of nitrogens with one attached hydrogen (secondary N) is 1. The summed E-state index contributed by atoms with van der Waals surface area (Å²) in [7, 11) is 0. The zero-order chi connectivity index (χ0) is 18.9. The number of aromatic nitrogens is 2. The van der Waals surface area contributed by atoms with Crippen molar-refractivity contribution in [2.75, 3.05) is 0 Å². The minimum atomic E-state index is -0.116. The molecule has 6 nitrogen and oxygen atoms in total. The average Bonchev–Trinajstić information content (AvgIpc) is 2.71. The molecule has 0 aliphatic heterocycles. The fourth-order valence-corrected chi connectivity index (χ4v) is 2.53. The summed E-state index contributed by atoms with van der Waals surface area (Å²) in [6.45, 7) is 1.18. The zero-order valence-electron chi connectivity index (χ0n) is 14.9. The van der Waals surface area contributed by atoms with Crippen LogP contribution >= 0.6 is 0 Å². The predicted octanol–water partition coefficient (Wildman–Crippen LogP) is 2.53. The van der Waals surface area contributed by atoms with Gasteiger partial charge in [-0.2, -0.15) is 0 Å². The fourth-order valence-electron chi connectivity index (χ4n) is 2.53. The molecular weight excluding hydrogens is 342 g/mol. The first-order chi connectivity index (χ1) is 13.2. The lowest BCUT2D eigenvalue weighted by atomic mass is 10.2. The molecule has 0 unspecified atom stereocenters. The van der Waals surface area contributed by atoms with Crippen molar-refractivity contribution in [3.05, 3.63) is 94.5 Å². The summed E-state index contributed by atoms with van der Waals surface area (Å²) in [6, 6.07) is 18.4. The smallest absolute Gasteiger partial charge is 0.250 e. The Bertz CT molecular complexity index is 938. The van der Waals surface area contributed by atoms with Crippen molar-refractivity contribution < 1.29 is 9.53 Å². The average molecular weight is 363 g/mol. The third-order valence-corrected chi connectivity index (χ3v) is 4.00. The number of hydrogen-bond acceptors (Lipinski definition) is 4. The van der Waals surface area contributed by atoms with Crippen LogP contribution in [-0.2, 0) is 24.5 Å². The van der Waals surface area contributed by atoms with Crippen LogP contribution in [-0.4, -0.2) is 15.5 Å². The molecule has 1 aromatic carbocycles. The second-order valence-corrected chi connectivity index (χ2v) is 6.04. The van der Waals surface area contributed by atoms with Gasteiger partial charge in [0.15, 0.2) is 0 Å². The van der Waals surface area contributed by atoms with E-state index in [1.165, 1.54) is 10.6 Å². The van der Waals surface area contributed by atoms with E-state index >= 15 is 0 Å². The van der Waals surface area contributed by atoms with Gasteiger partial charge in [-0.15, -0.1) is 0 Å². The largest absolute Gasteiger partial charge is 0.473 e. The molecule has 0 fully saturated rings. The van der Waals surface area contributed by atoms with Gasteiger partial charge >= 0.3 is 0 Å². The van der Waals surface area contributed by atoms with Gasteiger partial charge in [-0.25, -0.2) is 4.98 Å². The number of ether oxygens (including phenoxy) is 1. The number of nitrogens with zero attached hydrogens (tertiary/aromatic N) is 2. The van der Waals surface area contributed by atoms with Gasteiger partial charge in [-0.05, 0) is 23.3 Å². The Kier molecular flexibility index (Phi) is 6.35. The number of hydrogen-bond donors (Lipinski definition) is 1. The Morgan fingerprint density at radius 2 is 1.85 bits per heavy atom. The number of rotatable bonds is 8. The Morgan fingerprint density at radius 3 is 2.67 bits per heavy atom. The van der Waals surface area contributed by atoms with Gasteiger partial charge in [0.25, 0.3) is 5.56 Å². The molecule has 2 aromatic heterocycles. The maximum atomic E-state index is 12.0. The van der Waals surface area contributed by atoms with Crippen LogP contribution in [0.25, 0.3) is 0 Å². The molecule has 27 heavy (non-hydrogen) atoms. The van der Waals surface area contributed by atoms with Gasteiger partial charge in [0.1, 0.15) is 6.61 Å². The first-order valence-corrected chi connectivity index (χ1v) is 8.74. The van der Waals surface area contributed by atoms with Crippen molar-refractivity contribution in [2.24, 2.45) is 0 Å². The normalized spacial score (nSPS) is 10.4. The topological polar surface area (TPSA) is 73.2 Å². The van der Waals surface area contributed by atoms with E-state index in [9.17, 15) is 9.59 Å². The summed E-state index contributed by atoms with van der Waals surface area (Å²) in [5.41, 5.74) is 1.85. The molecule has 0 saturated carbocycles. The lowest BCUT2D eigenvalue weighted by Gasteiger charge is -2.09. The molecule has 138 valence electrons. The number of carbonyl (C=O) groups is 1. The van der Waals surface area contributed by atoms with E-state index in [1.54, 1.807) is 24.5 Å². The van der Waals surface area contributed by atoms with E-state index < -0.39 is 0 Å². The first kappa shape index (κ1) is 18.4. The van der Waals surface area contributed by atoms with E-state index in [-0.39, 0.29) is 17.9 Å². The minimum Gasteiger partial charge on any atom is -0.473 e. The third-order valence-electron chi connectivity index (χ3n) is 4.00. The van der Waals surface area contributed by atoms with Gasteiger partial charge in [0.2, 0.25) is 11.8 Å². The molecule has 1 amide bonds. The van der Waals surface area contributed by atoms with Crippen molar-refractivity contribution in [3.8, 4) is 5.88 Å². The maximum absolute atomic E-state index is 12.0. The highest BCUT2D eigenvalue weighted by molar-refractivity contribution is 5.75. The SMILES string of the molecule is O=C(CCn1ccccc1=O)NCc1ccnc(OCc2ccccc2)c1. The molecule has 0 spiro atoms. The molecule has 0 radical (unpaired) electrons. The number of amides is 1. The van der Waals surface area contributed by atoms with E-state index in [0.717, 1.165) is 11.1 Å². The van der Waals surface area contributed by atoms with E-state index in [0.29, 0.717) is 25.6 Å². The van der Waals surface area contributed by atoms with E-state index in [1.807, 2.05) is 42.5 Å². The lowest BCUT2D eigenvalue weighted by Crippen LogP contribution is -2.26. The van der Waals surface area contributed by atoms with Crippen LogP contribution in [0.3, 0.4) is 0 Å². The summed E-state index contributed by atoms with van der Waals surface area (Å²) in [6.07, 6.45) is 3.58. The highest BCUT2D eigenvalue weighted by atomic mass is 16.5. The van der Waals surface area contributed by atoms with Gasteiger partial charge in [0, 0.05) is 44.0 Å². The van der Waals surface area contributed by atoms with Crippen molar-refractivity contribution in [2.45, 2.75) is 26.1 Å². The first-order valence-electron chi connectivity index (χ1n) is 8.74. The molecule has 0 bridgehead atoms. The van der Waals surface area contributed by atoms with Gasteiger partial charge in [-0.1, -0.05) is 36.4 Å². The van der Waals surface area contributed by atoms with E-state index in [2.05, 4.69) is 10.3 Å². The Balaban J connectivity index is 1.47. The van der Waals surface area contributed by atoms with Crippen LogP contribution in [0.15, 0.2) is 77.9 Å². The molecule has 0 aliphatic rings. The van der Waals surface area contributed by atoms with Crippen LogP contribution in [0.4, 0.5) is 0 Å². The number of benzene rings is 1. The van der Waals surface area contributed by atoms with Gasteiger partial charge < -0.3 is 14.6 Å². The number of aryl methyl sites for hydroxylation is 1. The quantitative estimate of drug-likeness (QED) is 0.667. The highest BCUT2D eigenvalue weighted by Gasteiger charge is 2.04. The van der Waals surface area contributed by atoms with Crippen LogP contribution in [0.5, 0.6) is 5.88 Å². The van der Waals surface area contributed by atoms with Crippen molar-refractivity contribution in [3.63, 3.8) is 0 Å². The molecule has 0 saturated heterocycles. The fraction of sp³-hybridized carbons (Fsp3) is 0.190. The second kappa shape index (κ2) is 9.33. The Morgan fingerprint density at radius 1 is 1.04 bits per heavy atom. The molecule has 1 N–H and O–H groups in total. The second-order valence-electron chi connectivity index (χ2n) is 6.04. The number of carbonyl (C=O) groups excluding carboxylic acids is 1. The van der Waals surface area contributed by atoms with Crippen LogP contribution < -0.4 is 15.6 Å². The van der Waals surface area contributed by atoms with Crippen LogP contribution in [0.1, 0.15) is 17.5 Å². The predicted molar refractivity (Wildman–Crippen MR) is 102 cm³/mol. The summed E-state index contributed by atoms with van der Waals surface area (Å²) in [5, 5.41) is 2.85. The van der Waals surface area contributed by atoms with E-state index in [4.69, 9.17) is 4.74 Å². The number of pyridine rings is 2. The Labute approximate surface area is 157 Å². The van der Waals surface area contributed by atoms with Gasteiger partial charge in [0.05, 0.1) is 0 Å². The minimum absolute atomic E-state index is 0.111. The van der Waals surface area contributed by atoms with Crippen molar-refractivity contribution in [1.29, 1.82) is 0 Å². The zero-order valence-corrected chi connectivity index (χ0v) is 14.9. The third kappa shape index (κ3) is 5.81. The molecular formula is C21H21N3O3. The molecule has 0 atom stereocenters. The molecule has 2 heterocycles. The van der Waals surface area contributed by atoms with Crippen LogP contribution in [0, 0.1) is 0 Å². The summed E-state index contributed by atoms with van der Waals surface area (Å²) in [5.74, 6) is 0.399. The Hall–Kier alpha value is -3.41. The molecule has 6 heteroatoms. The summed E-state index contributed by atoms with van der Waals surface area (Å²) >= 11 is 0. The standard InChI is InChI=1S/C21H21N3O3/c25-19(10-13-24-12-5-4-8-21(24)26)23-15-18-9-11-22-20(14-18)27-16-17-6-2-1-3-7-17/h1-9,11-12,14H,10,13,15-16H2,(H,23,25). The molecule has 3 aromatic rings. The summed E-state index contributed by atoms with van der Waals surface area (Å²) < 4.78 is 7.21.